The average Bonchev–Trinajstić information content (AvgIpc) is 3.20. The van der Waals surface area contributed by atoms with E-state index in [2.05, 4.69) is 10.3 Å². The first-order valence-electron chi connectivity index (χ1n) is 7.26. The van der Waals surface area contributed by atoms with Crippen molar-refractivity contribution < 1.29 is 29.0 Å². The van der Waals surface area contributed by atoms with Gasteiger partial charge in [-0.3, -0.25) is 18.8 Å². The van der Waals surface area contributed by atoms with Crippen molar-refractivity contribution in [3.63, 3.8) is 0 Å². The maximum atomic E-state index is 13.2. The lowest BCUT2D eigenvalue weighted by atomic mass is 10.0. The van der Waals surface area contributed by atoms with Gasteiger partial charge in [0.2, 0.25) is 0 Å². The number of aromatic nitrogens is 2. The number of benzene rings is 1. The van der Waals surface area contributed by atoms with Crippen LogP contribution in [0.1, 0.15) is 15.9 Å². The van der Waals surface area contributed by atoms with E-state index in [0.717, 1.165) is 16.8 Å². The topological polar surface area (TPSA) is 121 Å². The van der Waals surface area contributed by atoms with Crippen molar-refractivity contribution >= 4 is 24.5 Å². The van der Waals surface area contributed by atoms with E-state index in [0.29, 0.717) is 17.8 Å². The summed E-state index contributed by atoms with van der Waals surface area (Å²) in [5, 5.41) is 16.6. The molecule has 8 nitrogen and oxygen atoms in total. The molecule has 1 amide bonds. The fourth-order valence-electron chi connectivity index (χ4n) is 2.65. The fraction of sp³-hybridized carbons (Fsp3) is 0.0588. The summed E-state index contributed by atoms with van der Waals surface area (Å²) in [6.45, 7) is 0.0127. The number of halogens is 1. The van der Waals surface area contributed by atoms with E-state index in [1.54, 1.807) is 12.4 Å². The quantitative estimate of drug-likeness (QED) is 0.570. The summed E-state index contributed by atoms with van der Waals surface area (Å²) < 4.78 is 15.0. The minimum atomic E-state index is -0.315. The standard InChI is InChI=1S/C15H10FN3O.2CH2O2/c16-9-4-5-19-13(8-17-14(19)6-9)10-2-1-3-11-12(10)7-18-15(11)20;2*2-1-3/h1-6,8H,7H2,(H,18,20);2*1H,(H,2,3). The zero-order chi connectivity index (χ0) is 19.1. The molecule has 1 aliphatic heterocycles. The molecule has 3 N–H and O–H groups in total. The van der Waals surface area contributed by atoms with E-state index in [4.69, 9.17) is 19.8 Å². The lowest BCUT2D eigenvalue weighted by molar-refractivity contribution is -0.123. The number of fused-ring (bicyclic) bond motifs is 2. The Bertz CT molecular complexity index is 949. The van der Waals surface area contributed by atoms with Crippen LogP contribution in [0.3, 0.4) is 0 Å². The molecule has 1 aromatic carbocycles. The first-order chi connectivity index (χ1) is 12.6. The average molecular weight is 359 g/mol. The molecule has 0 bridgehead atoms. The van der Waals surface area contributed by atoms with Crippen LogP contribution in [-0.2, 0) is 16.1 Å². The summed E-state index contributed by atoms with van der Waals surface area (Å²) in [5.41, 5.74) is 4.01. The second-order valence-electron chi connectivity index (χ2n) is 4.94. The second-order valence-corrected chi connectivity index (χ2v) is 4.94. The lowest BCUT2D eigenvalue weighted by Crippen LogP contribution is -2.12. The lowest BCUT2D eigenvalue weighted by Gasteiger charge is -2.06. The number of carboxylic acid groups (broad SMARTS) is 2. The van der Waals surface area contributed by atoms with E-state index < -0.39 is 0 Å². The van der Waals surface area contributed by atoms with Crippen LogP contribution in [0.15, 0.2) is 42.7 Å². The highest BCUT2D eigenvalue weighted by molar-refractivity contribution is 6.00. The molecule has 2 aromatic heterocycles. The number of amides is 1. The molecule has 1 aliphatic rings. The van der Waals surface area contributed by atoms with Gasteiger partial charge in [-0.25, -0.2) is 9.37 Å². The van der Waals surface area contributed by atoms with Gasteiger partial charge in [0.05, 0.1) is 11.9 Å². The Kier molecular flexibility index (Phi) is 5.99. The number of rotatable bonds is 1. The third-order valence-corrected chi connectivity index (χ3v) is 3.60. The van der Waals surface area contributed by atoms with Crippen LogP contribution in [0.5, 0.6) is 0 Å². The number of nitrogens with one attached hydrogen (secondary N) is 1. The Hall–Kier alpha value is -3.75. The molecule has 0 fully saturated rings. The molecule has 0 saturated heterocycles. The molecule has 3 heterocycles. The molecule has 0 saturated carbocycles. The van der Waals surface area contributed by atoms with Crippen LogP contribution in [-0.4, -0.2) is 38.4 Å². The first kappa shape index (κ1) is 18.6. The molecule has 0 aliphatic carbocycles. The van der Waals surface area contributed by atoms with Crippen molar-refractivity contribution in [2.45, 2.75) is 6.54 Å². The molecule has 26 heavy (non-hydrogen) atoms. The Labute approximate surface area is 146 Å². The zero-order valence-electron chi connectivity index (χ0n) is 13.3. The normalized spacial score (nSPS) is 11.3. The number of imidazole rings is 1. The molecule has 0 spiro atoms. The van der Waals surface area contributed by atoms with Crippen molar-refractivity contribution in [3.05, 3.63) is 59.7 Å². The van der Waals surface area contributed by atoms with Gasteiger partial charge in [0.25, 0.3) is 18.9 Å². The summed E-state index contributed by atoms with van der Waals surface area (Å²) in [4.78, 5) is 32.7. The highest BCUT2D eigenvalue weighted by Crippen LogP contribution is 2.29. The Morgan fingerprint density at radius 3 is 2.50 bits per heavy atom. The van der Waals surface area contributed by atoms with Gasteiger partial charge in [0, 0.05) is 29.9 Å². The van der Waals surface area contributed by atoms with Crippen molar-refractivity contribution in [3.8, 4) is 11.3 Å². The second kappa shape index (κ2) is 8.38. The summed E-state index contributed by atoms with van der Waals surface area (Å²) in [6.07, 6.45) is 3.35. The Morgan fingerprint density at radius 1 is 1.15 bits per heavy atom. The maximum Gasteiger partial charge on any atom is 0.290 e. The highest BCUT2D eigenvalue weighted by atomic mass is 19.1. The molecule has 4 rings (SSSR count). The highest BCUT2D eigenvalue weighted by Gasteiger charge is 2.22. The van der Waals surface area contributed by atoms with Crippen LogP contribution >= 0.6 is 0 Å². The van der Waals surface area contributed by atoms with Gasteiger partial charge in [-0.1, -0.05) is 12.1 Å². The minimum Gasteiger partial charge on any atom is -0.483 e. The van der Waals surface area contributed by atoms with Crippen molar-refractivity contribution in [1.82, 2.24) is 14.7 Å². The Balaban J connectivity index is 0.000000361. The van der Waals surface area contributed by atoms with Crippen LogP contribution in [0.2, 0.25) is 0 Å². The number of hydrogen-bond acceptors (Lipinski definition) is 4. The molecule has 134 valence electrons. The Morgan fingerprint density at radius 2 is 1.81 bits per heavy atom. The number of hydrogen-bond donors (Lipinski definition) is 3. The first-order valence-corrected chi connectivity index (χ1v) is 7.26. The fourth-order valence-corrected chi connectivity index (χ4v) is 2.65. The third kappa shape index (κ3) is 3.66. The largest absolute Gasteiger partial charge is 0.483 e. The summed E-state index contributed by atoms with van der Waals surface area (Å²) in [7, 11) is 0. The van der Waals surface area contributed by atoms with Crippen molar-refractivity contribution in [2.24, 2.45) is 0 Å². The van der Waals surface area contributed by atoms with Gasteiger partial charge in [0.15, 0.2) is 0 Å². The van der Waals surface area contributed by atoms with E-state index in [1.807, 2.05) is 22.6 Å². The van der Waals surface area contributed by atoms with Gasteiger partial charge in [-0.15, -0.1) is 0 Å². The monoisotopic (exact) mass is 359 g/mol. The summed E-state index contributed by atoms with van der Waals surface area (Å²) in [6, 6.07) is 8.39. The molecular formula is C17H14FN3O5. The van der Waals surface area contributed by atoms with Crippen LogP contribution in [0, 0.1) is 5.82 Å². The molecule has 0 unspecified atom stereocenters. The van der Waals surface area contributed by atoms with Gasteiger partial charge >= 0.3 is 0 Å². The molecule has 0 radical (unpaired) electrons. The molecule has 3 aromatic rings. The van der Waals surface area contributed by atoms with E-state index >= 15 is 0 Å². The number of carbonyl (C=O) groups excluding carboxylic acids is 1. The third-order valence-electron chi connectivity index (χ3n) is 3.60. The number of pyridine rings is 1. The zero-order valence-corrected chi connectivity index (χ0v) is 13.3. The molecular weight excluding hydrogens is 345 g/mol. The van der Waals surface area contributed by atoms with Gasteiger partial charge in [-0.05, 0) is 17.7 Å². The predicted octanol–water partition coefficient (Wildman–Crippen LogP) is 1.79. The van der Waals surface area contributed by atoms with E-state index in [9.17, 15) is 9.18 Å². The summed E-state index contributed by atoms with van der Waals surface area (Å²) in [5.74, 6) is -0.369. The van der Waals surface area contributed by atoms with Crippen LogP contribution in [0.4, 0.5) is 4.39 Å². The maximum absolute atomic E-state index is 13.2. The van der Waals surface area contributed by atoms with Crippen molar-refractivity contribution in [2.75, 3.05) is 0 Å². The molecule has 9 heteroatoms. The smallest absolute Gasteiger partial charge is 0.290 e. The van der Waals surface area contributed by atoms with E-state index in [-0.39, 0.29) is 24.7 Å². The van der Waals surface area contributed by atoms with Gasteiger partial charge < -0.3 is 15.5 Å². The van der Waals surface area contributed by atoms with Gasteiger partial charge in [-0.2, -0.15) is 0 Å². The van der Waals surface area contributed by atoms with Crippen molar-refractivity contribution in [1.29, 1.82) is 0 Å². The number of nitrogens with zero attached hydrogens (tertiary/aromatic N) is 2. The predicted molar refractivity (Wildman–Crippen MR) is 89.1 cm³/mol. The van der Waals surface area contributed by atoms with Crippen LogP contribution in [0.25, 0.3) is 16.9 Å². The van der Waals surface area contributed by atoms with E-state index in [1.165, 1.54) is 12.1 Å². The molecule has 0 atom stereocenters. The van der Waals surface area contributed by atoms with Crippen LogP contribution < -0.4 is 5.32 Å². The minimum absolute atomic E-state index is 0.0540. The number of carbonyl (C=O) groups is 3. The SMILES string of the molecule is O=C1NCc2c1cccc2-c1cnc2cc(F)ccn12.O=CO.O=CO. The summed E-state index contributed by atoms with van der Waals surface area (Å²) >= 11 is 0. The van der Waals surface area contributed by atoms with Gasteiger partial charge in [0.1, 0.15) is 11.5 Å².